The van der Waals surface area contributed by atoms with Crippen LogP contribution in [0, 0.1) is 30.3 Å². The third kappa shape index (κ3) is 32.6. The van der Waals surface area contributed by atoms with Gasteiger partial charge in [-0.1, -0.05) is 131 Å². The van der Waals surface area contributed by atoms with E-state index in [0.717, 1.165) is 12.3 Å². The number of hydrogen-bond donors (Lipinski definition) is 2. The molecule has 0 fully saturated rings. The van der Waals surface area contributed by atoms with Gasteiger partial charge in [0.05, 0.1) is 20.5 Å². The van der Waals surface area contributed by atoms with Gasteiger partial charge < -0.3 is 44.2 Å². The zero-order valence-electron chi connectivity index (χ0n) is 62.3. The van der Waals surface area contributed by atoms with Gasteiger partial charge in [-0.3, -0.25) is 35.3 Å². The van der Waals surface area contributed by atoms with E-state index in [2.05, 4.69) is 33.1 Å². The van der Waals surface area contributed by atoms with E-state index in [-0.39, 0.29) is 95.6 Å². The summed E-state index contributed by atoms with van der Waals surface area (Å²) in [5.41, 5.74) is 6.10. The van der Waals surface area contributed by atoms with Gasteiger partial charge in [0.15, 0.2) is 53.1 Å². The Bertz CT molecular complexity index is 3360. The van der Waals surface area contributed by atoms with Crippen molar-refractivity contribution in [2.75, 3.05) is 58.6 Å². The molecular weight excluding hydrogens is 1470 g/mol. The van der Waals surface area contributed by atoms with E-state index in [1.165, 1.54) is 36.8 Å². The molecule has 0 aliphatic heterocycles. The molecule has 3 N–H and O–H groups in total. The number of hydrogen-bond acceptors (Lipinski definition) is 19. The van der Waals surface area contributed by atoms with Crippen molar-refractivity contribution in [2.24, 2.45) is 0 Å². The summed E-state index contributed by atoms with van der Waals surface area (Å²) in [4.78, 5) is 45.2. The first-order valence-electron chi connectivity index (χ1n) is 30.4. The van der Waals surface area contributed by atoms with Gasteiger partial charge in [-0.05, 0) is 104 Å². The second-order valence-electron chi connectivity index (χ2n) is 28.9. The summed E-state index contributed by atoms with van der Waals surface area (Å²) >= 11 is 16.5. The smallest absolute Gasteiger partial charge is 1.00 e. The summed E-state index contributed by atoms with van der Waals surface area (Å²) in [6, 6.07) is 5.09. The second-order valence-corrected chi connectivity index (χ2v) is 49.3. The third-order valence-corrected chi connectivity index (χ3v) is 35.0. The van der Waals surface area contributed by atoms with Gasteiger partial charge in [0.25, 0.3) is 5.92 Å². The number of allylic oxidation sites excluding steroid dienone is 2. The molecule has 0 aromatic carbocycles. The number of aliphatic hydroxyl groups is 1. The van der Waals surface area contributed by atoms with Gasteiger partial charge in [-0.25, -0.2) is 50.1 Å². The molecule has 4 aromatic rings. The van der Waals surface area contributed by atoms with Crippen LogP contribution in [0.2, 0.25) is 87.9 Å². The number of rotatable bonds is 27. The van der Waals surface area contributed by atoms with Crippen molar-refractivity contribution in [3.63, 3.8) is 0 Å². The Labute approximate surface area is 623 Å². The number of ether oxygens (including phenoxy) is 3. The van der Waals surface area contributed by atoms with Gasteiger partial charge in [-0.2, -0.15) is 0 Å². The van der Waals surface area contributed by atoms with Crippen molar-refractivity contribution in [1.82, 2.24) is 19.9 Å². The Morgan fingerprint density at radius 2 is 0.730 bits per heavy atom. The fraction of sp³-hybridized carbons (Fsp3) is 0.613. The molecule has 0 saturated heterocycles. The number of nitro groups is 3. The van der Waals surface area contributed by atoms with Crippen molar-refractivity contribution in [3.8, 4) is 17.2 Å². The molecule has 0 radical (unpaired) electrons. The zero-order valence-corrected chi connectivity index (χ0v) is 69.6. The normalized spacial score (nSPS) is 12.7. The molecule has 0 unspecified atom stereocenters. The van der Waals surface area contributed by atoms with Crippen LogP contribution in [0.3, 0.4) is 0 Å². The van der Waals surface area contributed by atoms with E-state index in [1.54, 1.807) is 13.8 Å². The molecule has 0 aliphatic rings. The Kier molecular flexibility index (Phi) is 38.0. The van der Waals surface area contributed by atoms with E-state index < -0.39 is 141 Å². The Hall–Kier alpha value is -4.54. The first kappa shape index (κ1) is 97.5. The van der Waals surface area contributed by atoms with Gasteiger partial charge in [0.1, 0.15) is 55.2 Å². The molecule has 0 bridgehead atoms. The van der Waals surface area contributed by atoms with Crippen molar-refractivity contribution in [1.29, 1.82) is 0 Å². The summed E-state index contributed by atoms with van der Waals surface area (Å²) in [5, 5.41) is 39.6. The summed E-state index contributed by atoms with van der Waals surface area (Å²) in [5.74, 6) is -13.2. The topological polar surface area (TPSA) is 292 Å². The van der Waals surface area contributed by atoms with E-state index in [1.807, 2.05) is 135 Å². The first-order valence-corrected chi connectivity index (χ1v) is 43.1. The number of aliphatic hydroxyl groups excluding tert-OH is 1. The fourth-order valence-electron chi connectivity index (χ4n) is 5.96. The molecule has 564 valence electrons. The predicted molar refractivity (Wildman–Crippen MR) is 383 cm³/mol. The van der Waals surface area contributed by atoms with E-state index in [9.17, 15) is 65.5 Å². The number of alkyl halides is 8. The maximum atomic E-state index is 14.2. The quantitative estimate of drug-likeness (QED) is 0.0184. The number of aromatic nitrogens is 4. The van der Waals surface area contributed by atoms with Crippen LogP contribution >= 0.6 is 34.8 Å². The average Bonchev–Trinajstić information content (AvgIpc) is 0.834. The largest absolute Gasteiger partial charge is 1.00 e. The molecule has 22 nitrogen and oxygen atoms in total. The first-order chi connectivity index (χ1) is 44.4. The molecule has 4 heterocycles. The number of pyridine rings is 4. The number of halogens is 11. The second kappa shape index (κ2) is 39.0. The van der Waals surface area contributed by atoms with Crippen molar-refractivity contribution in [2.45, 2.75) is 193 Å². The minimum absolute atomic E-state index is 0. The molecule has 100 heavy (non-hydrogen) atoms. The summed E-state index contributed by atoms with van der Waals surface area (Å²) < 4.78 is 147. The number of anilines is 1. The summed E-state index contributed by atoms with van der Waals surface area (Å²) in [6.07, 6.45) is 5.17. The summed E-state index contributed by atoms with van der Waals surface area (Å²) in [6.45, 7) is 42.4. The number of nitrogens with two attached hydrogens (primary N) is 1. The van der Waals surface area contributed by atoms with E-state index in [4.69, 9.17) is 77.6 Å². The molecular formula is C62H98Cl3F8N8NaO14Si4. The van der Waals surface area contributed by atoms with E-state index >= 15 is 0 Å². The molecule has 0 saturated carbocycles. The minimum atomic E-state index is -3.29. The Morgan fingerprint density at radius 3 is 1.01 bits per heavy atom. The van der Waals surface area contributed by atoms with Gasteiger partial charge in [0, 0.05) is 43.0 Å². The van der Waals surface area contributed by atoms with Gasteiger partial charge >= 0.3 is 64.4 Å². The summed E-state index contributed by atoms with van der Waals surface area (Å²) in [7, 11) is -9.04. The van der Waals surface area contributed by atoms with Crippen LogP contribution in [0.15, 0.2) is 62.2 Å². The Morgan fingerprint density at radius 1 is 0.470 bits per heavy atom. The van der Waals surface area contributed by atoms with E-state index in [0.29, 0.717) is 16.8 Å². The van der Waals surface area contributed by atoms with Crippen molar-refractivity contribution >= 4 is 102 Å². The standard InChI is InChI=1S/C17H26F2N2O4Si.C17H28F2N2O2Si.C14H21ClF2N2O4Si.C9H20F2O2Si.C5H2Cl2N2O2.Na.H/c1-12(2)14-15(21(22)23)13(8-9-20-14)24-10-17(18,19)11-25-26(6,7)16(3,4)5;1-12(2)15-14(20)13(8-9-21-15)22-10-17(18,19)11-23-24(6,7)16(3,4)5;1-13(2,3)24(4,5)23-9-14(16,17)8-22-10-6-7-18-12(15)11(10)19(20)21;1-8(2,3)14(4,5)13-7-9(10,11)6-12;6-3-1-2-8-5(7)4(3)9(10)11;;/h8-9H,1,10-11H2,2-7H3;8-9H,1,10-11,20H2,2-7H3;6-7H,8-9H2,1-5H3;12H,6-7H2,1-5H3;1-2H;;/q;;;;;+1;-1. The van der Waals surface area contributed by atoms with Crippen molar-refractivity contribution < 1.29 is 118 Å². The molecule has 4 aromatic heterocycles. The molecule has 0 aliphatic carbocycles. The van der Waals surface area contributed by atoms with Crippen LogP contribution in [0.1, 0.15) is 110 Å². The molecule has 0 spiro atoms. The maximum absolute atomic E-state index is 14.2. The van der Waals surface area contributed by atoms with Crippen LogP contribution in [-0.4, -0.2) is 150 Å². The fourth-order valence-corrected chi connectivity index (χ4v) is 10.7. The van der Waals surface area contributed by atoms with Crippen LogP contribution < -0.4 is 49.5 Å². The predicted octanol–water partition coefficient (Wildman–Crippen LogP) is 16.5. The minimum Gasteiger partial charge on any atom is -1.00 e. The molecule has 4 rings (SSSR count). The third-order valence-electron chi connectivity index (χ3n) is 16.2. The SMILES string of the molecule is C=C(C)c1nccc(OCC(F)(F)CO[Si](C)(C)C(C)(C)C)c1N.C=C(C)c1nccc(OCC(F)(F)CO[Si](C)(C)C(C)(C)C)c1[N+](=O)[O-].CC(C)(C)[Si](C)(C)OCC(F)(F)CO.CC(C)(C)[Si](C)(C)OCC(F)(F)COc1ccnc(Cl)c1[N+](=O)[O-].O=[N+]([O-])c1c(Cl)ccnc1Cl.[H-].[Na+]. The molecule has 0 amide bonds. The molecule has 38 heteroatoms. The monoisotopic (exact) mass is 1570 g/mol. The Balaban J connectivity index is -0.00000122. The molecule has 0 atom stereocenters. The van der Waals surface area contributed by atoms with Gasteiger partial charge in [-0.15, -0.1) is 0 Å². The van der Waals surface area contributed by atoms with Gasteiger partial charge in [0.2, 0.25) is 21.8 Å². The zero-order chi connectivity index (χ0) is 77.9. The van der Waals surface area contributed by atoms with Crippen LogP contribution in [-0.2, 0) is 17.7 Å². The van der Waals surface area contributed by atoms with Crippen LogP contribution in [0.5, 0.6) is 17.2 Å². The van der Waals surface area contributed by atoms with Crippen LogP contribution in [0.4, 0.5) is 57.9 Å². The van der Waals surface area contributed by atoms with Crippen LogP contribution in [0.25, 0.3) is 11.1 Å². The average molecular weight is 1570 g/mol. The van der Waals surface area contributed by atoms with Crippen molar-refractivity contribution in [3.05, 3.63) is 119 Å². The number of nitrogen functional groups attached to an aromatic ring is 1. The maximum Gasteiger partial charge on any atom is 1.00 e. The number of nitrogens with zero attached hydrogens (tertiary/aromatic N) is 7.